The highest BCUT2D eigenvalue weighted by atomic mass is 35.5. The summed E-state index contributed by atoms with van der Waals surface area (Å²) in [6.45, 7) is 3.58. The number of rotatable bonds is 5. The lowest BCUT2D eigenvalue weighted by Gasteiger charge is -2.31. The van der Waals surface area contributed by atoms with Crippen LogP contribution >= 0.6 is 22.9 Å². The highest BCUT2D eigenvalue weighted by Gasteiger charge is 2.21. The van der Waals surface area contributed by atoms with E-state index in [0.717, 1.165) is 32.5 Å². The van der Waals surface area contributed by atoms with Crippen LogP contribution in [0.1, 0.15) is 17.7 Å². The summed E-state index contributed by atoms with van der Waals surface area (Å²) in [5.41, 5.74) is 0.513. The molecule has 26 heavy (non-hydrogen) atoms. The van der Waals surface area contributed by atoms with Crippen molar-refractivity contribution in [3.63, 3.8) is 0 Å². The predicted octanol–water partition coefficient (Wildman–Crippen LogP) is 3.37. The van der Waals surface area contributed by atoms with E-state index < -0.39 is 11.8 Å². The topological polar surface area (TPSA) is 61.4 Å². The first-order chi connectivity index (χ1) is 12.6. The number of benzene rings is 1. The monoisotopic (exact) mass is 391 g/mol. The highest BCUT2D eigenvalue weighted by Crippen LogP contribution is 2.20. The van der Waals surface area contributed by atoms with Gasteiger partial charge in [-0.15, -0.1) is 11.3 Å². The first kappa shape index (κ1) is 18.9. The number of likely N-dealkylation sites (tertiary alicyclic amines) is 1. The lowest BCUT2D eigenvalue weighted by atomic mass is 9.97. The van der Waals surface area contributed by atoms with Crippen LogP contribution in [0, 0.1) is 5.92 Å². The molecular weight excluding hydrogens is 370 g/mol. The molecule has 0 radical (unpaired) electrons. The van der Waals surface area contributed by atoms with E-state index in [1.54, 1.807) is 35.6 Å². The number of carbonyl (C=O) groups is 2. The van der Waals surface area contributed by atoms with Gasteiger partial charge in [0, 0.05) is 28.7 Å². The molecule has 2 heterocycles. The molecule has 0 saturated carbocycles. The molecule has 2 N–H and O–H groups in total. The Morgan fingerprint density at radius 2 is 1.96 bits per heavy atom. The zero-order valence-electron chi connectivity index (χ0n) is 14.4. The Balaban J connectivity index is 1.37. The van der Waals surface area contributed by atoms with E-state index in [1.165, 1.54) is 4.88 Å². The fourth-order valence-electron chi connectivity index (χ4n) is 3.04. The second-order valence-electron chi connectivity index (χ2n) is 6.47. The summed E-state index contributed by atoms with van der Waals surface area (Å²) in [6.07, 6.45) is 2.06. The van der Waals surface area contributed by atoms with Gasteiger partial charge in [-0.1, -0.05) is 23.7 Å². The molecule has 1 aromatic heterocycles. The van der Waals surface area contributed by atoms with Crippen LogP contribution in [0.15, 0.2) is 41.8 Å². The number of nitrogens with zero attached hydrogens (tertiary/aromatic N) is 1. The van der Waals surface area contributed by atoms with Crippen LogP contribution in [0.4, 0.5) is 5.69 Å². The van der Waals surface area contributed by atoms with Crippen molar-refractivity contribution in [2.24, 2.45) is 5.92 Å². The van der Waals surface area contributed by atoms with Crippen molar-refractivity contribution >= 4 is 40.4 Å². The normalized spacial score (nSPS) is 15.6. The van der Waals surface area contributed by atoms with Gasteiger partial charge in [0.1, 0.15) is 0 Å². The molecule has 0 aliphatic carbocycles. The molecule has 1 aliphatic rings. The average molecular weight is 392 g/mol. The van der Waals surface area contributed by atoms with Crippen molar-refractivity contribution in [1.82, 2.24) is 10.2 Å². The Hall–Kier alpha value is -1.89. The van der Waals surface area contributed by atoms with Gasteiger partial charge in [0.25, 0.3) is 0 Å². The van der Waals surface area contributed by atoms with Gasteiger partial charge >= 0.3 is 11.8 Å². The van der Waals surface area contributed by atoms with E-state index >= 15 is 0 Å². The van der Waals surface area contributed by atoms with Crippen LogP contribution in [0.25, 0.3) is 0 Å². The Bertz CT molecular complexity index is 743. The van der Waals surface area contributed by atoms with Crippen molar-refractivity contribution < 1.29 is 9.59 Å². The zero-order chi connectivity index (χ0) is 18.4. The Morgan fingerprint density at radius 3 is 2.65 bits per heavy atom. The van der Waals surface area contributed by atoms with Crippen LogP contribution in [0.3, 0.4) is 0 Å². The fraction of sp³-hybridized carbons (Fsp3) is 0.368. The third-order valence-corrected chi connectivity index (χ3v) is 5.60. The fourth-order valence-corrected chi connectivity index (χ4v) is 3.98. The maximum atomic E-state index is 12.0. The molecule has 1 saturated heterocycles. The molecule has 1 aliphatic heterocycles. The van der Waals surface area contributed by atoms with E-state index in [4.69, 9.17) is 11.6 Å². The van der Waals surface area contributed by atoms with Gasteiger partial charge in [-0.25, -0.2) is 0 Å². The van der Waals surface area contributed by atoms with Crippen LogP contribution in [-0.4, -0.2) is 36.3 Å². The first-order valence-electron chi connectivity index (χ1n) is 8.69. The number of amides is 2. The van der Waals surface area contributed by atoms with E-state index in [2.05, 4.69) is 33.0 Å². The highest BCUT2D eigenvalue weighted by molar-refractivity contribution is 7.09. The quantitative estimate of drug-likeness (QED) is 0.768. The molecule has 3 rings (SSSR count). The number of hydrogen-bond acceptors (Lipinski definition) is 4. The van der Waals surface area contributed by atoms with E-state index in [1.807, 2.05) is 0 Å². The van der Waals surface area contributed by atoms with Crippen molar-refractivity contribution in [3.8, 4) is 0 Å². The van der Waals surface area contributed by atoms with E-state index in [9.17, 15) is 9.59 Å². The molecule has 5 nitrogen and oxygen atoms in total. The minimum atomic E-state index is -0.664. The number of halogens is 1. The maximum Gasteiger partial charge on any atom is 0.313 e. The lowest BCUT2D eigenvalue weighted by molar-refractivity contribution is -0.136. The summed E-state index contributed by atoms with van der Waals surface area (Å²) >= 11 is 7.66. The number of nitrogens with one attached hydrogen (secondary N) is 2. The van der Waals surface area contributed by atoms with Crippen molar-refractivity contribution in [2.45, 2.75) is 19.4 Å². The maximum absolute atomic E-state index is 12.0. The summed E-state index contributed by atoms with van der Waals surface area (Å²) in [5.74, 6) is -0.856. The molecule has 1 aromatic carbocycles. The third kappa shape index (κ3) is 5.56. The zero-order valence-corrected chi connectivity index (χ0v) is 16.0. The predicted molar refractivity (Wildman–Crippen MR) is 105 cm³/mol. The molecule has 2 aromatic rings. The second kappa shape index (κ2) is 9.16. The molecule has 7 heteroatoms. The molecular formula is C19H22ClN3O2S. The van der Waals surface area contributed by atoms with E-state index in [-0.39, 0.29) is 0 Å². The van der Waals surface area contributed by atoms with Crippen LogP contribution in [-0.2, 0) is 16.1 Å². The molecule has 0 atom stereocenters. The van der Waals surface area contributed by atoms with Gasteiger partial charge in [-0.2, -0.15) is 0 Å². The summed E-state index contributed by atoms with van der Waals surface area (Å²) in [4.78, 5) is 27.8. The summed E-state index contributed by atoms with van der Waals surface area (Å²) in [6, 6.07) is 11.0. The molecule has 1 fully saturated rings. The number of piperidine rings is 1. The molecule has 0 spiro atoms. The summed E-state index contributed by atoms with van der Waals surface area (Å²) < 4.78 is 0. The Labute approximate surface area is 162 Å². The summed E-state index contributed by atoms with van der Waals surface area (Å²) in [7, 11) is 0. The second-order valence-corrected chi connectivity index (χ2v) is 7.94. The Kier molecular flexibility index (Phi) is 6.66. The molecule has 0 unspecified atom stereocenters. The molecule has 2 amide bonds. The van der Waals surface area contributed by atoms with E-state index in [0.29, 0.717) is 23.2 Å². The van der Waals surface area contributed by atoms with Gasteiger partial charge in [-0.05, 0) is 61.5 Å². The molecule has 0 bridgehead atoms. The summed E-state index contributed by atoms with van der Waals surface area (Å²) in [5, 5.41) is 7.92. The molecule has 138 valence electrons. The van der Waals surface area contributed by atoms with Crippen LogP contribution in [0.5, 0.6) is 0 Å². The smallest absolute Gasteiger partial charge is 0.313 e. The third-order valence-electron chi connectivity index (χ3n) is 4.51. The van der Waals surface area contributed by atoms with Crippen molar-refractivity contribution in [1.29, 1.82) is 0 Å². The van der Waals surface area contributed by atoms with Crippen LogP contribution in [0.2, 0.25) is 5.02 Å². The number of anilines is 1. The minimum absolute atomic E-state index is 0.414. The van der Waals surface area contributed by atoms with Gasteiger partial charge in [0.2, 0.25) is 0 Å². The SMILES string of the molecule is O=C(NCC1CCN(Cc2cccs2)CC1)C(=O)Nc1cccc(Cl)c1. The average Bonchev–Trinajstić information content (AvgIpc) is 3.14. The first-order valence-corrected chi connectivity index (χ1v) is 9.95. The largest absolute Gasteiger partial charge is 0.348 e. The van der Waals surface area contributed by atoms with Crippen LogP contribution < -0.4 is 10.6 Å². The van der Waals surface area contributed by atoms with Gasteiger partial charge in [0.05, 0.1) is 0 Å². The van der Waals surface area contributed by atoms with Gasteiger partial charge in [-0.3, -0.25) is 14.5 Å². The van der Waals surface area contributed by atoms with Gasteiger partial charge in [0.15, 0.2) is 0 Å². The number of carbonyl (C=O) groups excluding carboxylic acids is 2. The number of thiophene rings is 1. The van der Waals surface area contributed by atoms with Gasteiger partial charge < -0.3 is 10.6 Å². The standard InChI is InChI=1S/C19H22ClN3O2S/c20-15-3-1-4-16(11-15)22-19(25)18(24)21-12-14-6-8-23(9-7-14)13-17-5-2-10-26-17/h1-5,10-11,14H,6-9,12-13H2,(H,21,24)(H,22,25). The minimum Gasteiger partial charge on any atom is -0.348 e. The van der Waals surface area contributed by atoms with Crippen molar-refractivity contribution in [2.75, 3.05) is 25.0 Å². The lowest BCUT2D eigenvalue weighted by Crippen LogP contribution is -2.41. The Morgan fingerprint density at radius 1 is 1.15 bits per heavy atom. The van der Waals surface area contributed by atoms with Crippen molar-refractivity contribution in [3.05, 3.63) is 51.7 Å². The number of hydrogen-bond donors (Lipinski definition) is 2.